The van der Waals surface area contributed by atoms with Gasteiger partial charge in [-0.1, -0.05) is 31.9 Å². The maximum absolute atomic E-state index is 11.2. The molecule has 1 heterocycles. The molecule has 0 aromatic heterocycles. The first-order valence-corrected chi connectivity index (χ1v) is 13.9. The van der Waals surface area contributed by atoms with Crippen molar-refractivity contribution < 1.29 is 24.2 Å². The lowest BCUT2D eigenvalue weighted by Crippen LogP contribution is -2.27. The van der Waals surface area contributed by atoms with Gasteiger partial charge in [0.1, 0.15) is 5.78 Å². The minimum atomic E-state index is -0.864. The number of nitrogens with two attached hydrogens (primary N) is 1. The molecule has 0 aliphatic carbocycles. The van der Waals surface area contributed by atoms with Crippen LogP contribution in [0.4, 0.5) is 11.4 Å². The number of aromatic carboxylic acids is 1. The highest BCUT2D eigenvalue weighted by Crippen LogP contribution is 2.33. The van der Waals surface area contributed by atoms with E-state index in [-0.39, 0.29) is 11.8 Å². The zero-order valence-corrected chi connectivity index (χ0v) is 25.8. The Morgan fingerprint density at radius 1 is 1.11 bits per heavy atom. The number of carboxylic acids is 1. The van der Waals surface area contributed by atoms with Gasteiger partial charge in [-0.15, -0.1) is 11.6 Å². The third kappa shape index (κ3) is 10.3. The average molecular weight is 663 g/mol. The number of carbonyl (C=O) groups is 3. The number of esters is 1. The number of Topliss-reactive ketones (excluding diaryl/α,β-unsaturated/α-hetero) is 1. The molecule has 1 unspecified atom stereocenters. The van der Waals surface area contributed by atoms with Crippen LogP contribution in [0.5, 0.6) is 0 Å². The number of nitrogen functional groups attached to an aromatic ring is 1. The molecule has 3 rings (SSSR count). The number of hydrogen-bond acceptors (Lipinski definition) is 6. The van der Waals surface area contributed by atoms with E-state index in [9.17, 15) is 19.5 Å². The standard InChI is InChI=1S/C13H16BrNO2.C9H10BrNO2.C5H9ClO/c1-8-4-3-5-15(8)12-7-10(14)6-11(9(12)2)13(16)17;1-5-7(9(12)13-2)3-6(10)4-8(5)11;1-5(7)3-2-4-6/h6-8H,3-5H2,1-2H3,(H,16,17);3-4H,11H2,1-2H3;2-4H2,1H3. The van der Waals surface area contributed by atoms with Gasteiger partial charge in [0.15, 0.2) is 0 Å². The number of carboxylic acid groups (broad SMARTS) is 1. The van der Waals surface area contributed by atoms with Gasteiger partial charge in [-0.25, -0.2) is 9.59 Å². The fourth-order valence-corrected chi connectivity index (χ4v) is 4.87. The van der Waals surface area contributed by atoms with Crippen molar-refractivity contribution in [2.45, 2.75) is 59.4 Å². The molecule has 1 atom stereocenters. The maximum atomic E-state index is 11.2. The van der Waals surface area contributed by atoms with Crippen molar-refractivity contribution in [2.24, 2.45) is 0 Å². The predicted molar refractivity (Wildman–Crippen MR) is 157 cm³/mol. The molecule has 2 aromatic rings. The first-order chi connectivity index (χ1) is 17.3. The molecule has 0 spiro atoms. The van der Waals surface area contributed by atoms with Crippen molar-refractivity contribution in [3.05, 3.63) is 55.5 Å². The van der Waals surface area contributed by atoms with Gasteiger partial charge in [-0.3, -0.25) is 0 Å². The van der Waals surface area contributed by atoms with E-state index in [1.165, 1.54) is 20.0 Å². The summed E-state index contributed by atoms with van der Waals surface area (Å²) < 4.78 is 6.21. The molecule has 10 heteroatoms. The highest BCUT2D eigenvalue weighted by atomic mass is 79.9. The number of alkyl halides is 1. The van der Waals surface area contributed by atoms with Gasteiger partial charge in [0.2, 0.25) is 0 Å². The van der Waals surface area contributed by atoms with Crippen molar-refractivity contribution in [1.29, 1.82) is 0 Å². The Morgan fingerprint density at radius 2 is 1.70 bits per heavy atom. The average Bonchev–Trinajstić information content (AvgIpc) is 3.26. The van der Waals surface area contributed by atoms with Crippen LogP contribution in [0, 0.1) is 13.8 Å². The first kappa shape index (κ1) is 32.9. The predicted octanol–water partition coefficient (Wildman–Crippen LogP) is 7.17. The monoisotopic (exact) mass is 660 g/mol. The molecule has 1 aliphatic heterocycles. The Morgan fingerprint density at radius 3 is 2.16 bits per heavy atom. The van der Waals surface area contributed by atoms with Gasteiger partial charge in [0.05, 0.1) is 18.2 Å². The number of ketones is 1. The number of benzene rings is 2. The molecular formula is C27H35Br2ClN2O5. The van der Waals surface area contributed by atoms with Crippen molar-refractivity contribution >= 4 is 72.6 Å². The summed E-state index contributed by atoms with van der Waals surface area (Å²) in [6.45, 7) is 8.45. The third-order valence-corrected chi connectivity index (χ3v) is 7.10. The topological polar surface area (TPSA) is 110 Å². The van der Waals surface area contributed by atoms with Crippen LogP contribution in [-0.2, 0) is 9.53 Å². The van der Waals surface area contributed by atoms with Gasteiger partial charge in [0, 0.05) is 45.2 Å². The molecule has 3 N–H and O–H groups in total. The SMILES string of the molecule is CC(=O)CCCCl.COC(=O)c1cc(Br)cc(N)c1C.Cc1c(C(=O)O)cc(Br)cc1N1CCCC1C. The number of anilines is 2. The summed E-state index contributed by atoms with van der Waals surface area (Å²) in [6, 6.07) is 7.62. The van der Waals surface area contributed by atoms with E-state index in [0.717, 1.165) is 38.7 Å². The molecule has 0 bridgehead atoms. The van der Waals surface area contributed by atoms with Crippen molar-refractivity contribution in [3.8, 4) is 0 Å². The van der Waals surface area contributed by atoms with E-state index >= 15 is 0 Å². The number of methoxy groups -OCH3 is 1. The fraction of sp³-hybridized carbons (Fsp3) is 0.444. The fourth-order valence-electron chi connectivity index (χ4n) is 3.81. The second-order valence-corrected chi connectivity index (χ2v) is 11.0. The van der Waals surface area contributed by atoms with Crippen molar-refractivity contribution in [3.63, 3.8) is 0 Å². The van der Waals surface area contributed by atoms with Gasteiger partial charge in [-0.05, 0) is 82.3 Å². The molecule has 0 saturated carbocycles. The zero-order valence-electron chi connectivity index (χ0n) is 21.9. The molecule has 1 aliphatic rings. The van der Waals surface area contributed by atoms with Crippen LogP contribution in [0.1, 0.15) is 71.4 Å². The van der Waals surface area contributed by atoms with Crippen LogP contribution >= 0.6 is 43.5 Å². The van der Waals surface area contributed by atoms with Gasteiger partial charge in [0.25, 0.3) is 0 Å². The third-order valence-electron chi connectivity index (χ3n) is 5.92. The lowest BCUT2D eigenvalue weighted by Gasteiger charge is -2.26. The van der Waals surface area contributed by atoms with Gasteiger partial charge >= 0.3 is 11.9 Å². The summed E-state index contributed by atoms with van der Waals surface area (Å²) >= 11 is 11.9. The van der Waals surface area contributed by atoms with Crippen LogP contribution in [0.25, 0.3) is 0 Å². The Bertz CT molecular complexity index is 1110. The number of nitrogens with zero attached hydrogens (tertiary/aromatic N) is 1. The summed E-state index contributed by atoms with van der Waals surface area (Å²) in [5, 5.41) is 9.18. The molecule has 204 valence electrons. The van der Waals surface area contributed by atoms with E-state index < -0.39 is 5.97 Å². The highest BCUT2D eigenvalue weighted by Gasteiger charge is 2.24. The summed E-state index contributed by atoms with van der Waals surface area (Å²) in [5.74, 6) is -0.414. The van der Waals surface area contributed by atoms with Crippen LogP contribution in [0.15, 0.2) is 33.2 Å². The molecule has 0 amide bonds. The lowest BCUT2D eigenvalue weighted by molar-refractivity contribution is -0.117. The Labute approximate surface area is 240 Å². The number of hydrogen-bond donors (Lipinski definition) is 2. The van der Waals surface area contributed by atoms with Crippen molar-refractivity contribution in [2.75, 3.05) is 30.2 Å². The Hall–Kier alpha value is -2.10. The van der Waals surface area contributed by atoms with E-state index in [4.69, 9.17) is 17.3 Å². The number of halogens is 3. The van der Waals surface area contributed by atoms with E-state index in [2.05, 4.69) is 48.4 Å². The quantitative estimate of drug-likeness (QED) is 0.192. The maximum Gasteiger partial charge on any atom is 0.338 e. The lowest BCUT2D eigenvalue weighted by atomic mass is 10.1. The van der Waals surface area contributed by atoms with Gasteiger partial charge < -0.3 is 25.3 Å². The minimum absolute atomic E-state index is 0.223. The van der Waals surface area contributed by atoms with Crippen LogP contribution in [0.2, 0.25) is 0 Å². The van der Waals surface area contributed by atoms with Crippen molar-refractivity contribution in [1.82, 2.24) is 0 Å². The van der Waals surface area contributed by atoms with Crippen LogP contribution in [0.3, 0.4) is 0 Å². The smallest absolute Gasteiger partial charge is 0.338 e. The minimum Gasteiger partial charge on any atom is -0.478 e. The summed E-state index contributed by atoms with van der Waals surface area (Å²) in [4.78, 5) is 34.9. The Kier molecular flexibility index (Phi) is 14.2. The summed E-state index contributed by atoms with van der Waals surface area (Å²) in [5.41, 5.74) is 9.78. The second kappa shape index (κ2) is 16.0. The Balaban J connectivity index is 0.000000304. The number of carbonyl (C=O) groups excluding carboxylic acids is 2. The van der Waals surface area contributed by atoms with Crippen LogP contribution in [-0.4, -0.2) is 48.4 Å². The number of ether oxygens (including phenoxy) is 1. The zero-order chi connectivity index (χ0) is 28.3. The summed E-state index contributed by atoms with van der Waals surface area (Å²) in [7, 11) is 1.35. The molecule has 37 heavy (non-hydrogen) atoms. The molecule has 1 saturated heterocycles. The van der Waals surface area contributed by atoms with E-state index in [1.807, 2.05) is 13.0 Å². The molecule has 2 aromatic carbocycles. The summed E-state index contributed by atoms with van der Waals surface area (Å²) in [6.07, 6.45) is 3.80. The largest absolute Gasteiger partial charge is 0.478 e. The molecule has 0 radical (unpaired) electrons. The normalized spacial score (nSPS) is 14.2. The highest BCUT2D eigenvalue weighted by molar-refractivity contribution is 9.10. The second-order valence-electron chi connectivity index (χ2n) is 8.74. The first-order valence-electron chi connectivity index (χ1n) is 11.8. The van der Waals surface area contributed by atoms with Crippen LogP contribution < -0.4 is 10.6 Å². The van der Waals surface area contributed by atoms with Gasteiger partial charge in [-0.2, -0.15) is 0 Å². The molecule has 1 fully saturated rings. The molecular weight excluding hydrogens is 628 g/mol. The van der Waals surface area contributed by atoms with E-state index in [0.29, 0.717) is 35.2 Å². The van der Waals surface area contributed by atoms with E-state index in [1.54, 1.807) is 32.0 Å². The molecule has 7 nitrogen and oxygen atoms in total. The number of rotatable bonds is 6.